The van der Waals surface area contributed by atoms with Crippen LogP contribution in [0.4, 0.5) is 8.78 Å². The fourth-order valence-electron chi connectivity index (χ4n) is 1.09. The fourth-order valence-corrected chi connectivity index (χ4v) is 1.09. The molecule has 0 spiro atoms. The third-order valence-corrected chi connectivity index (χ3v) is 1.84. The second-order valence-corrected chi connectivity index (χ2v) is 2.93. The van der Waals surface area contributed by atoms with Gasteiger partial charge in [0.05, 0.1) is 0 Å². The summed E-state index contributed by atoms with van der Waals surface area (Å²) in [5.41, 5.74) is 1.49. The van der Waals surface area contributed by atoms with E-state index in [4.69, 9.17) is 0 Å². The molecule has 70 valence electrons. The van der Waals surface area contributed by atoms with Crippen molar-refractivity contribution in [2.24, 2.45) is 0 Å². The summed E-state index contributed by atoms with van der Waals surface area (Å²) in [4.78, 5) is 0. The lowest BCUT2D eigenvalue weighted by Crippen LogP contribution is -1.88. The van der Waals surface area contributed by atoms with E-state index in [1.807, 2.05) is 13.0 Å². The Morgan fingerprint density at radius 3 is 2.46 bits per heavy atom. The third-order valence-electron chi connectivity index (χ3n) is 1.84. The van der Waals surface area contributed by atoms with Gasteiger partial charge >= 0.3 is 0 Å². The highest BCUT2D eigenvalue weighted by Crippen LogP contribution is 2.15. The number of rotatable bonds is 2. The van der Waals surface area contributed by atoms with E-state index in [9.17, 15) is 8.78 Å². The minimum absolute atomic E-state index is 0.737. The van der Waals surface area contributed by atoms with Gasteiger partial charge in [-0.2, -0.15) is 0 Å². The minimum atomic E-state index is -0.790. The Bertz CT molecular complexity index is 327. The molecular formula is C11H12F2. The topological polar surface area (TPSA) is 0 Å². The van der Waals surface area contributed by atoms with Crippen LogP contribution in [-0.2, 0) is 0 Å². The van der Waals surface area contributed by atoms with Gasteiger partial charge in [0.2, 0.25) is 0 Å². The van der Waals surface area contributed by atoms with Crippen molar-refractivity contribution in [1.82, 2.24) is 0 Å². The van der Waals surface area contributed by atoms with E-state index in [0.717, 1.165) is 17.5 Å². The second kappa shape index (κ2) is 4.17. The lowest BCUT2D eigenvalue weighted by Gasteiger charge is -2.01. The Balaban J connectivity index is 3.08. The summed E-state index contributed by atoms with van der Waals surface area (Å²) in [5.74, 6) is -1.58. The summed E-state index contributed by atoms with van der Waals surface area (Å²) in [6, 6.07) is 2.43. The summed E-state index contributed by atoms with van der Waals surface area (Å²) in [6.07, 6.45) is 4.61. The molecule has 0 aliphatic carbocycles. The average Bonchev–Trinajstić information content (AvgIpc) is 2.09. The molecule has 0 aromatic heterocycles. The van der Waals surface area contributed by atoms with Crippen molar-refractivity contribution in [2.45, 2.75) is 20.3 Å². The molecule has 2 heteroatoms. The van der Waals surface area contributed by atoms with E-state index in [-0.39, 0.29) is 0 Å². The average molecular weight is 182 g/mol. The van der Waals surface area contributed by atoms with E-state index in [1.54, 1.807) is 13.0 Å². The summed E-state index contributed by atoms with van der Waals surface area (Å²) in [6.45, 7) is 3.75. The summed E-state index contributed by atoms with van der Waals surface area (Å²) < 4.78 is 25.5. The molecule has 1 aromatic rings. The van der Waals surface area contributed by atoms with Gasteiger partial charge in [-0.05, 0) is 36.6 Å². The van der Waals surface area contributed by atoms with Crippen molar-refractivity contribution < 1.29 is 8.78 Å². The SMILES string of the molecule is CC/C=C\c1cc(F)c(F)cc1C. The predicted molar refractivity (Wildman–Crippen MR) is 50.4 cm³/mol. The number of hydrogen-bond acceptors (Lipinski definition) is 0. The molecule has 0 nitrogen and oxygen atoms in total. The first-order valence-corrected chi connectivity index (χ1v) is 4.27. The maximum absolute atomic E-state index is 12.8. The van der Waals surface area contributed by atoms with E-state index in [0.29, 0.717) is 0 Å². The standard InChI is InChI=1S/C11H12F2/c1-3-4-5-9-7-11(13)10(12)6-8(9)2/h4-7H,3H2,1-2H3/b5-4-. The monoisotopic (exact) mass is 182 g/mol. The van der Waals surface area contributed by atoms with Crippen LogP contribution in [0.5, 0.6) is 0 Å². The van der Waals surface area contributed by atoms with Gasteiger partial charge < -0.3 is 0 Å². The normalized spacial score (nSPS) is 11.1. The van der Waals surface area contributed by atoms with Crippen LogP contribution < -0.4 is 0 Å². The number of halogens is 2. The zero-order valence-electron chi connectivity index (χ0n) is 7.77. The maximum Gasteiger partial charge on any atom is 0.159 e. The van der Waals surface area contributed by atoms with Gasteiger partial charge in [-0.15, -0.1) is 0 Å². The van der Waals surface area contributed by atoms with E-state index < -0.39 is 11.6 Å². The molecule has 0 unspecified atom stereocenters. The minimum Gasteiger partial charge on any atom is -0.204 e. The van der Waals surface area contributed by atoms with Crippen LogP contribution in [0.2, 0.25) is 0 Å². The second-order valence-electron chi connectivity index (χ2n) is 2.93. The quantitative estimate of drug-likeness (QED) is 0.654. The molecule has 0 amide bonds. The Kier molecular flexibility index (Phi) is 3.18. The van der Waals surface area contributed by atoms with Crippen LogP contribution in [0.1, 0.15) is 24.5 Å². The van der Waals surface area contributed by atoms with Crippen LogP contribution >= 0.6 is 0 Å². The Morgan fingerprint density at radius 2 is 1.85 bits per heavy atom. The first-order chi connectivity index (χ1) is 6.15. The zero-order valence-corrected chi connectivity index (χ0v) is 7.77. The number of hydrogen-bond donors (Lipinski definition) is 0. The van der Waals surface area contributed by atoms with Crippen molar-refractivity contribution >= 4 is 6.08 Å². The third kappa shape index (κ3) is 2.38. The van der Waals surface area contributed by atoms with Gasteiger partial charge in [0.1, 0.15) is 0 Å². The van der Waals surface area contributed by atoms with Crippen LogP contribution in [0, 0.1) is 18.6 Å². The van der Waals surface area contributed by atoms with Gasteiger partial charge in [0.15, 0.2) is 11.6 Å². The Labute approximate surface area is 76.9 Å². The molecule has 13 heavy (non-hydrogen) atoms. The molecule has 0 saturated heterocycles. The van der Waals surface area contributed by atoms with Gasteiger partial charge in [0.25, 0.3) is 0 Å². The maximum atomic E-state index is 12.8. The highest BCUT2D eigenvalue weighted by Gasteiger charge is 2.03. The smallest absolute Gasteiger partial charge is 0.159 e. The summed E-state index contributed by atoms with van der Waals surface area (Å²) in [7, 11) is 0. The number of aryl methyl sites for hydroxylation is 1. The summed E-state index contributed by atoms with van der Waals surface area (Å²) >= 11 is 0. The van der Waals surface area contributed by atoms with E-state index >= 15 is 0 Å². The predicted octanol–water partition coefficient (Wildman–Crippen LogP) is 3.70. The van der Waals surface area contributed by atoms with Crippen molar-refractivity contribution in [2.75, 3.05) is 0 Å². The molecule has 0 saturated carbocycles. The number of allylic oxidation sites excluding steroid dienone is 1. The van der Waals surface area contributed by atoms with E-state index in [1.165, 1.54) is 12.1 Å². The molecular weight excluding hydrogens is 170 g/mol. The lowest BCUT2D eigenvalue weighted by atomic mass is 10.1. The van der Waals surface area contributed by atoms with Crippen LogP contribution in [-0.4, -0.2) is 0 Å². The molecule has 0 atom stereocenters. The first-order valence-electron chi connectivity index (χ1n) is 4.27. The highest BCUT2D eigenvalue weighted by molar-refractivity contribution is 5.53. The Morgan fingerprint density at radius 1 is 1.23 bits per heavy atom. The zero-order chi connectivity index (χ0) is 9.84. The van der Waals surface area contributed by atoms with Gasteiger partial charge in [-0.25, -0.2) is 8.78 Å². The summed E-state index contributed by atoms with van der Waals surface area (Å²) in [5, 5.41) is 0. The molecule has 0 aliphatic heterocycles. The first kappa shape index (κ1) is 9.90. The molecule has 0 aliphatic rings. The van der Waals surface area contributed by atoms with Crippen molar-refractivity contribution in [1.29, 1.82) is 0 Å². The van der Waals surface area contributed by atoms with Crippen LogP contribution in [0.15, 0.2) is 18.2 Å². The highest BCUT2D eigenvalue weighted by atomic mass is 19.2. The molecule has 1 aromatic carbocycles. The number of benzene rings is 1. The molecule has 0 bridgehead atoms. The van der Waals surface area contributed by atoms with Gasteiger partial charge in [-0.1, -0.05) is 19.1 Å². The van der Waals surface area contributed by atoms with Gasteiger partial charge in [-0.3, -0.25) is 0 Å². The fraction of sp³-hybridized carbons (Fsp3) is 0.273. The van der Waals surface area contributed by atoms with Crippen molar-refractivity contribution in [3.63, 3.8) is 0 Å². The van der Waals surface area contributed by atoms with Crippen LogP contribution in [0.25, 0.3) is 6.08 Å². The lowest BCUT2D eigenvalue weighted by molar-refractivity contribution is 0.507. The van der Waals surface area contributed by atoms with Crippen molar-refractivity contribution in [3.8, 4) is 0 Å². The molecule has 0 fully saturated rings. The largest absolute Gasteiger partial charge is 0.204 e. The molecule has 0 N–H and O–H groups in total. The van der Waals surface area contributed by atoms with E-state index in [2.05, 4.69) is 0 Å². The molecule has 0 heterocycles. The van der Waals surface area contributed by atoms with Crippen LogP contribution in [0.3, 0.4) is 0 Å². The van der Waals surface area contributed by atoms with Crippen molar-refractivity contribution in [3.05, 3.63) is 41.0 Å². The molecule has 1 rings (SSSR count). The van der Waals surface area contributed by atoms with Gasteiger partial charge in [0, 0.05) is 0 Å². The Hall–Kier alpha value is -1.18. The molecule has 0 radical (unpaired) electrons.